The highest BCUT2D eigenvalue weighted by molar-refractivity contribution is 7.20. The van der Waals surface area contributed by atoms with Crippen molar-refractivity contribution < 1.29 is 4.79 Å². The number of benzene rings is 1. The standard InChI is InChI=1S/C15H20N2OS/c1-4-7-15(2,3)17-14(18)13-9-10-8-11(16)5-6-12(10)19-13/h5-6,8-9H,4,7,16H2,1-3H3,(H,17,18). The van der Waals surface area contributed by atoms with Crippen LogP contribution in [0, 0.1) is 0 Å². The molecule has 2 aromatic rings. The summed E-state index contributed by atoms with van der Waals surface area (Å²) < 4.78 is 1.09. The molecule has 4 heteroatoms. The molecule has 1 amide bonds. The number of thiophene rings is 1. The molecule has 102 valence electrons. The first-order valence-corrected chi connectivity index (χ1v) is 7.34. The van der Waals surface area contributed by atoms with Gasteiger partial charge in [-0.3, -0.25) is 4.79 Å². The summed E-state index contributed by atoms with van der Waals surface area (Å²) >= 11 is 1.51. The van der Waals surface area contributed by atoms with E-state index in [0.29, 0.717) is 0 Å². The molecular weight excluding hydrogens is 256 g/mol. The van der Waals surface area contributed by atoms with Crippen LogP contribution in [0.3, 0.4) is 0 Å². The molecule has 1 heterocycles. The molecule has 19 heavy (non-hydrogen) atoms. The molecule has 0 aliphatic carbocycles. The lowest BCUT2D eigenvalue weighted by molar-refractivity contribution is 0.0913. The van der Waals surface area contributed by atoms with Gasteiger partial charge in [-0.25, -0.2) is 0 Å². The maximum Gasteiger partial charge on any atom is 0.261 e. The quantitative estimate of drug-likeness (QED) is 0.835. The second kappa shape index (κ2) is 5.21. The topological polar surface area (TPSA) is 55.1 Å². The zero-order chi connectivity index (χ0) is 14.0. The third kappa shape index (κ3) is 3.26. The fraction of sp³-hybridized carbons (Fsp3) is 0.400. The lowest BCUT2D eigenvalue weighted by atomic mass is 9.99. The van der Waals surface area contributed by atoms with Crippen LogP contribution in [0.25, 0.3) is 10.1 Å². The molecule has 1 aromatic heterocycles. The van der Waals surface area contributed by atoms with Gasteiger partial charge in [-0.1, -0.05) is 13.3 Å². The molecule has 0 bridgehead atoms. The second-order valence-electron chi connectivity index (χ2n) is 5.50. The van der Waals surface area contributed by atoms with E-state index in [2.05, 4.69) is 26.1 Å². The maximum absolute atomic E-state index is 12.3. The summed E-state index contributed by atoms with van der Waals surface area (Å²) in [5.41, 5.74) is 6.31. The molecule has 0 spiro atoms. The zero-order valence-corrected chi connectivity index (χ0v) is 12.4. The minimum Gasteiger partial charge on any atom is -0.399 e. The Kier molecular flexibility index (Phi) is 3.80. The van der Waals surface area contributed by atoms with Crippen molar-refractivity contribution in [2.45, 2.75) is 39.2 Å². The Hall–Kier alpha value is -1.55. The summed E-state index contributed by atoms with van der Waals surface area (Å²) in [7, 11) is 0. The fourth-order valence-corrected chi connectivity index (χ4v) is 3.17. The smallest absolute Gasteiger partial charge is 0.261 e. The third-order valence-corrected chi connectivity index (χ3v) is 4.21. The van der Waals surface area contributed by atoms with Gasteiger partial charge in [0, 0.05) is 15.9 Å². The number of amides is 1. The number of nitrogen functional groups attached to an aromatic ring is 1. The van der Waals surface area contributed by atoms with Gasteiger partial charge in [-0.05, 0) is 49.9 Å². The Morgan fingerprint density at radius 2 is 2.11 bits per heavy atom. The van der Waals surface area contributed by atoms with Crippen molar-refractivity contribution >= 4 is 33.0 Å². The first kappa shape index (κ1) is 13.9. The number of carbonyl (C=O) groups is 1. The van der Waals surface area contributed by atoms with E-state index in [1.807, 2.05) is 24.3 Å². The molecule has 0 saturated heterocycles. The number of anilines is 1. The van der Waals surface area contributed by atoms with Crippen molar-refractivity contribution in [1.82, 2.24) is 5.32 Å². The summed E-state index contributed by atoms with van der Waals surface area (Å²) in [6.07, 6.45) is 2.02. The normalized spacial score (nSPS) is 11.7. The molecule has 0 unspecified atom stereocenters. The number of carbonyl (C=O) groups excluding carboxylic acids is 1. The van der Waals surface area contributed by atoms with Crippen LogP contribution < -0.4 is 11.1 Å². The van der Waals surface area contributed by atoms with Crippen LogP contribution in [0.5, 0.6) is 0 Å². The first-order chi connectivity index (χ1) is 8.91. The lowest BCUT2D eigenvalue weighted by Gasteiger charge is -2.25. The summed E-state index contributed by atoms with van der Waals surface area (Å²) in [6.45, 7) is 6.23. The fourth-order valence-electron chi connectivity index (χ4n) is 2.23. The highest BCUT2D eigenvalue weighted by Crippen LogP contribution is 2.27. The van der Waals surface area contributed by atoms with Gasteiger partial charge in [-0.2, -0.15) is 0 Å². The first-order valence-electron chi connectivity index (χ1n) is 6.53. The van der Waals surface area contributed by atoms with Crippen molar-refractivity contribution in [3.8, 4) is 0 Å². The average molecular weight is 276 g/mol. The van der Waals surface area contributed by atoms with E-state index in [0.717, 1.165) is 33.5 Å². The van der Waals surface area contributed by atoms with Crippen LogP contribution in [0.1, 0.15) is 43.3 Å². The summed E-state index contributed by atoms with van der Waals surface area (Å²) in [6, 6.07) is 7.64. The Balaban J connectivity index is 2.22. The van der Waals surface area contributed by atoms with Gasteiger partial charge in [-0.15, -0.1) is 11.3 Å². The number of fused-ring (bicyclic) bond motifs is 1. The van der Waals surface area contributed by atoms with Gasteiger partial charge in [0.05, 0.1) is 4.88 Å². The molecule has 0 fully saturated rings. The van der Waals surface area contributed by atoms with Crippen molar-refractivity contribution in [2.24, 2.45) is 0 Å². The summed E-state index contributed by atoms with van der Waals surface area (Å²) in [5, 5.41) is 4.12. The van der Waals surface area contributed by atoms with Gasteiger partial charge in [0.1, 0.15) is 0 Å². The molecule has 0 saturated carbocycles. The van der Waals surface area contributed by atoms with E-state index in [1.54, 1.807) is 0 Å². The Bertz CT molecular complexity index is 601. The molecule has 3 N–H and O–H groups in total. The van der Waals surface area contributed by atoms with Gasteiger partial charge >= 0.3 is 0 Å². The summed E-state index contributed by atoms with van der Waals surface area (Å²) in [5.74, 6) is -0.00165. The monoisotopic (exact) mass is 276 g/mol. The van der Waals surface area contributed by atoms with Gasteiger partial charge in [0.15, 0.2) is 0 Å². The Morgan fingerprint density at radius 1 is 1.37 bits per heavy atom. The number of hydrogen-bond donors (Lipinski definition) is 2. The van der Waals surface area contributed by atoms with E-state index in [1.165, 1.54) is 11.3 Å². The molecule has 1 aromatic carbocycles. The number of hydrogen-bond acceptors (Lipinski definition) is 3. The Morgan fingerprint density at radius 3 is 2.79 bits per heavy atom. The van der Waals surface area contributed by atoms with Crippen molar-refractivity contribution in [2.75, 3.05) is 5.73 Å². The average Bonchev–Trinajstić information content (AvgIpc) is 2.71. The van der Waals surface area contributed by atoms with Gasteiger partial charge < -0.3 is 11.1 Å². The van der Waals surface area contributed by atoms with Crippen LogP contribution in [0.15, 0.2) is 24.3 Å². The molecule has 0 radical (unpaired) electrons. The molecular formula is C15H20N2OS. The van der Waals surface area contributed by atoms with E-state index in [-0.39, 0.29) is 11.4 Å². The highest BCUT2D eigenvalue weighted by Gasteiger charge is 2.21. The molecule has 2 rings (SSSR count). The van der Waals surface area contributed by atoms with E-state index in [4.69, 9.17) is 5.73 Å². The molecule has 0 aliphatic heterocycles. The van der Waals surface area contributed by atoms with Crippen molar-refractivity contribution in [1.29, 1.82) is 0 Å². The molecule has 0 atom stereocenters. The molecule has 0 aliphatic rings. The van der Waals surface area contributed by atoms with Crippen LogP contribution in [-0.4, -0.2) is 11.4 Å². The second-order valence-corrected chi connectivity index (χ2v) is 6.58. The summed E-state index contributed by atoms with van der Waals surface area (Å²) in [4.78, 5) is 13.0. The van der Waals surface area contributed by atoms with Crippen LogP contribution in [0.4, 0.5) is 5.69 Å². The predicted molar refractivity (Wildman–Crippen MR) is 82.7 cm³/mol. The minimum atomic E-state index is -0.166. The van der Waals surface area contributed by atoms with Gasteiger partial charge in [0.2, 0.25) is 0 Å². The largest absolute Gasteiger partial charge is 0.399 e. The SMILES string of the molecule is CCCC(C)(C)NC(=O)c1cc2cc(N)ccc2s1. The Labute approximate surface area is 117 Å². The van der Waals surface area contributed by atoms with Crippen molar-refractivity contribution in [3.63, 3.8) is 0 Å². The van der Waals surface area contributed by atoms with Crippen LogP contribution >= 0.6 is 11.3 Å². The highest BCUT2D eigenvalue weighted by atomic mass is 32.1. The number of rotatable bonds is 4. The molecule has 3 nitrogen and oxygen atoms in total. The number of nitrogens with two attached hydrogens (primary N) is 1. The minimum absolute atomic E-state index is 0.00165. The third-order valence-electron chi connectivity index (χ3n) is 3.09. The van der Waals surface area contributed by atoms with Crippen LogP contribution in [0.2, 0.25) is 0 Å². The lowest BCUT2D eigenvalue weighted by Crippen LogP contribution is -2.42. The van der Waals surface area contributed by atoms with E-state index < -0.39 is 0 Å². The van der Waals surface area contributed by atoms with Crippen molar-refractivity contribution in [3.05, 3.63) is 29.1 Å². The van der Waals surface area contributed by atoms with Gasteiger partial charge in [0.25, 0.3) is 5.91 Å². The predicted octanol–water partition coefficient (Wildman–Crippen LogP) is 3.79. The zero-order valence-electron chi connectivity index (χ0n) is 11.6. The number of nitrogens with one attached hydrogen (secondary N) is 1. The van der Waals surface area contributed by atoms with Crippen LogP contribution in [-0.2, 0) is 0 Å². The van der Waals surface area contributed by atoms with E-state index >= 15 is 0 Å². The maximum atomic E-state index is 12.3. The van der Waals surface area contributed by atoms with E-state index in [9.17, 15) is 4.79 Å².